The molecule has 2 aromatic heterocycles. The lowest BCUT2D eigenvalue weighted by atomic mass is 9.90. The predicted octanol–water partition coefficient (Wildman–Crippen LogP) is 3.68. The van der Waals surface area contributed by atoms with Crippen LogP contribution in [0.15, 0.2) is 67.1 Å². The summed E-state index contributed by atoms with van der Waals surface area (Å²) in [5.74, 6) is 1.26. The minimum Gasteiger partial charge on any atom is -0.324 e. The smallest absolute Gasteiger partial charge is 0.321 e. The van der Waals surface area contributed by atoms with Crippen LogP contribution in [0.5, 0.6) is 0 Å². The molecule has 0 aliphatic carbocycles. The van der Waals surface area contributed by atoms with Gasteiger partial charge < -0.3 is 10.2 Å². The number of carbonyl (C=O) groups is 1. The summed E-state index contributed by atoms with van der Waals surface area (Å²) < 4.78 is 1.68. The molecule has 3 aromatic rings. The van der Waals surface area contributed by atoms with Gasteiger partial charge in [-0.25, -0.2) is 14.5 Å². The standard InChI is InChI=1S/C20H21N5O/c26-20(23-18-7-8-19(21-15-18)25-12-4-11-22-25)24-13-9-17(10-14-24)16-5-2-1-3-6-16/h1-8,11-12,15,17H,9-10,13-14H2,(H,23,26). The molecule has 26 heavy (non-hydrogen) atoms. The molecule has 1 aliphatic rings. The molecule has 1 aliphatic heterocycles. The largest absolute Gasteiger partial charge is 0.324 e. The van der Waals surface area contributed by atoms with Crippen molar-refractivity contribution in [3.05, 3.63) is 72.7 Å². The molecule has 3 heterocycles. The summed E-state index contributed by atoms with van der Waals surface area (Å²) in [5, 5.41) is 7.07. The van der Waals surface area contributed by atoms with E-state index >= 15 is 0 Å². The van der Waals surface area contributed by atoms with E-state index in [0.29, 0.717) is 11.6 Å². The molecule has 132 valence electrons. The number of pyridine rings is 1. The molecule has 1 aromatic carbocycles. The molecule has 2 amide bonds. The molecule has 0 atom stereocenters. The topological polar surface area (TPSA) is 63.1 Å². The number of nitrogens with one attached hydrogen (secondary N) is 1. The number of carbonyl (C=O) groups excluding carboxylic acids is 1. The second-order valence-electron chi connectivity index (χ2n) is 6.46. The Hall–Kier alpha value is -3.15. The van der Waals surface area contributed by atoms with Crippen molar-refractivity contribution in [2.75, 3.05) is 18.4 Å². The van der Waals surface area contributed by atoms with Crippen LogP contribution in [0.4, 0.5) is 10.5 Å². The number of piperidine rings is 1. The fourth-order valence-corrected chi connectivity index (χ4v) is 3.34. The van der Waals surface area contributed by atoms with Gasteiger partial charge in [0, 0.05) is 25.5 Å². The van der Waals surface area contributed by atoms with Crippen molar-refractivity contribution in [2.45, 2.75) is 18.8 Å². The van der Waals surface area contributed by atoms with Crippen LogP contribution < -0.4 is 5.32 Å². The zero-order valence-corrected chi connectivity index (χ0v) is 14.5. The van der Waals surface area contributed by atoms with E-state index in [9.17, 15) is 4.79 Å². The summed E-state index contributed by atoms with van der Waals surface area (Å²) in [6.07, 6.45) is 7.18. The van der Waals surface area contributed by atoms with Gasteiger partial charge in [0.15, 0.2) is 5.82 Å². The average molecular weight is 347 g/mol. The summed E-state index contributed by atoms with van der Waals surface area (Å²) in [6, 6.07) is 16.0. The van der Waals surface area contributed by atoms with E-state index < -0.39 is 0 Å². The Labute approximate surface area is 152 Å². The summed E-state index contributed by atoms with van der Waals surface area (Å²) in [6.45, 7) is 1.54. The molecule has 0 unspecified atom stereocenters. The molecule has 1 N–H and O–H groups in total. The number of anilines is 1. The lowest BCUT2D eigenvalue weighted by molar-refractivity contribution is 0.194. The number of amides is 2. The Balaban J connectivity index is 1.33. The van der Waals surface area contributed by atoms with Crippen LogP contribution >= 0.6 is 0 Å². The molecule has 6 heteroatoms. The number of hydrogen-bond donors (Lipinski definition) is 1. The Kier molecular flexibility index (Phi) is 4.64. The predicted molar refractivity (Wildman–Crippen MR) is 100 cm³/mol. The van der Waals surface area contributed by atoms with Crippen molar-refractivity contribution < 1.29 is 4.79 Å². The van der Waals surface area contributed by atoms with Gasteiger partial charge in [0.2, 0.25) is 0 Å². The van der Waals surface area contributed by atoms with Gasteiger partial charge in [-0.3, -0.25) is 0 Å². The maximum atomic E-state index is 12.5. The molecular formula is C20H21N5O. The van der Waals surface area contributed by atoms with E-state index in [1.807, 2.05) is 35.4 Å². The first-order valence-corrected chi connectivity index (χ1v) is 8.86. The van der Waals surface area contributed by atoms with Gasteiger partial charge >= 0.3 is 6.03 Å². The van der Waals surface area contributed by atoms with Crippen molar-refractivity contribution >= 4 is 11.7 Å². The van der Waals surface area contributed by atoms with Crippen molar-refractivity contribution in [1.29, 1.82) is 0 Å². The van der Waals surface area contributed by atoms with E-state index in [4.69, 9.17) is 0 Å². The molecule has 0 bridgehead atoms. The minimum absolute atomic E-state index is 0.0647. The molecule has 0 spiro atoms. The summed E-state index contributed by atoms with van der Waals surface area (Å²) in [5.41, 5.74) is 2.06. The van der Waals surface area contributed by atoms with E-state index in [2.05, 4.69) is 39.7 Å². The van der Waals surface area contributed by atoms with E-state index in [1.54, 1.807) is 17.1 Å². The highest BCUT2D eigenvalue weighted by molar-refractivity contribution is 5.89. The third-order valence-electron chi connectivity index (χ3n) is 4.79. The second kappa shape index (κ2) is 7.39. The molecule has 4 rings (SSSR count). The number of benzene rings is 1. The van der Waals surface area contributed by atoms with Crippen LogP contribution in [-0.4, -0.2) is 38.8 Å². The van der Waals surface area contributed by atoms with Crippen molar-refractivity contribution in [2.24, 2.45) is 0 Å². The highest BCUT2D eigenvalue weighted by atomic mass is 16.2. The minimum atomic E-state index is -0.0647. The first-order valence-electron chi connectivity index (χ1n) is 8.86. The van der Waals surface area contributed by atoms with Gasteiger partial charge in [0.25, 0.3) is 0 Å². The number of aromatic nitrogens is 3. The van der Waals surface area contributed by atoms with Crippen molar-refractivity contribution in [3.8, 4) is 5.82 Å². The zero-order chi connectivity index (χ0) is 17.8. The Morgan fingerprint density at radius 2 is 1.85 bits per heavy atom. The lowest BCUT2D eigenvalue weighted by Crippen LogP contribution is -2.40. The maximum absolute atomic E-state index is 12.5. The number of nitrogens with zero attached hydrogens (tertiary/aromatic N) is 4. The Bertz CT molecular complexity index is 838. The number of urea groups is 1. The highest BCUT2D eigenvalue weighted by Gasteiger charge is 2.23. The summed E-state index contributed by atoms with van der Waals surface area (Å²) >= 11 is 0. The third kappa shape index (κ3) is 3.59. The van der Waals surface area contributed by atoms with Crippen molar-refractivity contribution in [3.63, 3.8) is 0 Å². The molecule has 6 nitrogen and oxygen atoms in total. The normalized spacial score (nSPS) is 15.0. The van der Waals surface area contributed by atoms with Crippen LogP contribution in [0.1, 0.15) is 24.3 Å². The fourth-order valence-electron chi connectivity index (χ4n) is 3.34. The van der Waals surface area contributed by atoms with Gasteiger partial charge in [-0.2, -0.15) is 5.10 Å². The number of likely N-dealkylation sites (tertiary alicyclic amines) is 1. The van der Waals surface area contributed by atoms with Gasteiger partial charge in [-0.1, -0.05) is 30.3 Å². The average Bonchev–Trinajstić information content (AvgIpc) is 3.24. The second-order valence-corrected chi connectivity index (χ2v) is 6.46. The number of hydrogen-bond acceptors (Lipinski definition) is 3. The maximum Gasteiger partial charge on any atom is 0.321 e. The zero-order valence-electron chi connectivity index (χ0n) is 14.5. The molecule has 1 saturated heterocycles. The Morgan fingerprint density at radius 3 is 2.50 bits per heavy atom. The molecule has 0 saturated carbocycles. The van der Waals surface area contributed by atoms with Gasteiger partial charge in [0.1, 0.15) is 0 Å². The van der Waals surface area contributed by atoms with Gasteiger partial charge in [-0.15, -0.1) is 0 Å². The SMILES string of the molecule is O=C(Nc1ccc(-n2cccn2)nc1)N1CCC(c2ccccc2)CC1. The van der Waals surface area contributed by atoms with E-state index in [1.165, 1.54) is 5.56 Å². The van der Waals surface area contributed by atoms with Crippen LogP contribution in [0, 0.1) is 0 Å². The quantitative estimate of drug-likeness (QED) is 0.786. The molecule has 0 radical (unpaired) electrons. The highest BCUT2D eigenvalue weighted by Crippen LogP contribution is 2.28. The van der Waals surface area contributed by atoms with Crippen LogP contribution in [-0.2, 0) is 0 Å². The summed E-state index contributed by atoms with van der Waals surface area (Å²) in [4.78, 5) is 18.7. The van der Waals surface area contributed by atoms with Crippen LogP contribution in [0.3, 0.4) is 0 Å². The van der Waals surface area contributed by atoms with Gasteiger partial charge in [-0.05, 0) is 42.5 Å². The first-order chi connectivity index (χ1) is 12.8. The van der Waals surface area contributed by atoms with Crippen LogP contribution in [0.25, 0.3) is 5.82 Å². The van der Waals surface area contributed by atoms with E-state index in [-0.39, 0.29) is 6.03 Å². The first kappa shape index (κ1) is 16.3. The monoisotopic (exact) mass is 347 g/mol. The van der Waals surface area contributed by atoms with Gasteiger partial charge in [0.05, 0.1) is 11.9 Å². The fraction of sp³-hybridized carbons (Fsp3) is 0.250. The third-order valence-corrected chi connectivity index (χ3v) is 4.79. The summed E-state index contributed by atoms with van der Waals surface area (Å²) in [7, 11) is 0. The van der Waals surface area contributed by atoms with Crippen molar-refractivity contribution in [1.82, 2.24) is 19.7 Å². The molecular weight excluding hydrogens is 326 g/mol. The van der Waals surface area contributed by atoms with Crippen LogP contribution in [0.2, 0.25) is 0 Å². The molecule has 1 fully saturated rings. The lowest BCUT2D eigenvalue weighted by Gasteiger charge is -2.32. The van der Waals surface area contributed by atoms with E-state index in [0.717, 1.165) is 31.7 Å². The number of rotatable bonds is 3. The Morgan fingerprint density at radius 1 is 1.04 bits per heavy atom.